The Labute approximate surface area is 172 Å². The van der Waals surface area contributed by atoms with Crippen molar-refractivity contribution in [3.63, 3.8) is 0 Å². The van der Waals surface area contributed by atoms with Gasteiger partial charge in [0.25, 0.3) is 5.91 Å². The lowest BCUT2D eigenvalue weighted by molar-refractivity contribution is -0.122. The fourth-order valence-electron chi connectivity index (χ4n) is 3.34. The number of anilines is 1. The van der Waals surface area contributed by atoms with Gasteiger partial charge >= 0.3 is 0 Å². The highest BCUT2D eigenvalue weighted by Crippen LogP contribution is 2.24. The molecule has 0 radical (unpaired) electrons. The molecular weight excluding hydrogens is 388 g/mol. The molecule has 0 bridgehead atoms. The number of nitrogens with one attached hydrogen (secondary N) is 1. The maximum atomic E-state index is 12.8. The van der Waals surface area contributed by atoms with Crippen molar-refractivity contribution < 1.29 is 17.9 Å². The van der Waals surface area contributed by atoms with Crippen molar-refractivity contribution in [2.75, 3.05) is 18.4 Å². The quantitative estimate of drug-likeness (QED) is 0.777. The van der Waals surface area contributed by atoms with Crippen molar-refractivity contribution in [1.82, 2.24) is 4.31 Å². The first-order chi connectivity index (χ1) is 13.8. The molecule has 0 spiro atoms. The van der Waals surface area contributed by atoms with Gasteiger partial charge in [0.15, 0.2) is 6.10 Å². The number of benzene rings is 2. The molecule has 1 heterocycles. The Morgan fingerprint density at radius 3 is 2.41 bits per heavy atom. The Hall–Kier alpha value is -2.38. The topological polar surface area (TPSA) is 75.7 Å². The Balaban J connectivity index is 1.62. The summed E-state index contributed by atoms with van der Waals surface area (Å²) in [5, 5.41) is 2.77. The van der Waals surface area contributed by atoms with E-state index in [2.05, 4.69) is 12.2 Å². The summed E-state index contributed by atoms with van der Waals surface area (Å²) < 4.78 is 32.8. The summed E-state index contributed by atoms with van der Waals surface area (Å²) in [5.41, 5.74) is 1.64. The monoisotopic (exact) mass is 416 g/mol. The molecule has 6 nitrogen and oxygen atoms in total. The molecule has 1 aliphatic heterocycles. The highest BCUT2D eigenvalue weighted by Gasteiger charge is 2.28. The van der Waals surface area contributed by atoms with Crippen molar-refractivity contribution in [2.24, 2.45) is 5.92 Å². The van der Waals surface area contributed by atoms with Gasteiger partial charge < -0.3 is 10.1 Å². The van der Waals surface area contributed by atoms with Gasteiger partial charge in [-0.2, -0.15) is 4.31 Å². The number of hydrogen-bond donors (Lipinski definition) is 1. The molecule has 3 rings (SSSR count). The van der Waals surface area contributed by atoms with Crippen LogP contribution >= 0.6 is 0 Å². The summed E-state index contributed by atoms with van der Waals surface area (Å²) >= 11 is 0. The van der Waals surface area contributed by atoms with E-state index in [1.54, 1.807) is 23.4 Å². The largest absolute Gasteiger partial charge is 0.481 e. The SMILES string of the molecule is Cc1ccc(OC(C)C(=O)Nc2ccc(S(=O)(=O)N3CCCC(C)C3)cc2)cc1. The zero-order chi connectivity index (χ0) is 21.0. The second-order valence-corrected chi connectivity index (χ2v) is 9.64. The summed E-state index contributed by atoms with van der Waals surface area (Å²) in [6.07, 6.45) is 1.25. The predicted octanol–water partition coefficient (Wildman–Crippen LogP) is 3.82. The number of amides is 1. The molecule has 1 fully saturated rings. The highest BCUT2D eigenvalue weighted by atomic mass is 32.2. The van der Waals surface area contributed by atoms with Crippen molar-refractivity contribution in [2.45, 2.75) is 44.6 Å². The molecule has 1 amide bonds. The van der Waals surface area contributed by atoms with E-state index in [0.29, 0.717) is 30.4 Å². The van der Waals surface area contributed by atoms with Gasteiger partial charge in [-0.15, -0.1) is 0 Å². The van der Waals surface area contributed by atoms with Gasteiger partial charge in [0.05, 0.1) is 4.90 Å². The van der Waals surface area contributed by atoms with E-state index in [1.807, 2.05) is 31.2 Å². The minimum atomic E-state index is -3.50. The van der Waals surface area contributed by atoms with Gasteiger partial charge in [0.1, 0.15) is 5.75 Å². The Kier molecular flexibility index (Phi) is 6.59. The molecule has 2 aromatic carbocycles. The Bertz CT molecular complexity index is 940. The summed E-state index contributed by atoms with van der Waals surface area (Å²) in [7, 11) is -3.50. The first-order valence-corrected chi connectivity index (χ1v) is 11.3. The van der Waals surface area contributed by atoms with Crippen molar-refractivity contribution in [1.29, 1.82) is 0 Å². The second-order valence-electron chi connectivity index (χ2n) is 7.70. The molecule has 2 aromatic rings. The minimum Gasteiger partial charge on any atom is -0.481 e. The molecule has 0 aliphatic carbocycles. The van der Waals surface area contributed by atoms with E-state index in [4.69, 9.17) is 4.74 Å². The van der Waals surface area contributed by atoms with Gasteiger partial charge in [-0.05, 0) is 69.0 Å². The van der Waals surface area contributed by atoms with E-state index >= 15 is 0 Å². The zero-order valence-electron chi connectivity index (χ0n) is 17.1. The third-order valence-corrected chi connectivity index (χ3v) is 6.96. The van der Waals surface area contributed by atoms with Crippen molar-refractivity contribution in [3.8, 4) is 5.75 Å². The van der Waals surface area contributed by atoms with E-state index in [-0.39, 0.29) is 10.8 Å². The lowest BCUT2D eigenvalue weighted by Gasteiger charge is -2.30. The summed E-state index contributed by atoms with van der Waals surface area (Å²) in [5.74, 6) is 0.689. The van der Waals surface area contributed by atoms with Crippen LogP contribution in [-0.4, -0.2) is 37.8 Å². The molecule has 0 aromatic heterocycles. The Morgan fingerprint density at radius 1 is 1.14 bits per heavy atom. The number of sulfonamides is 1. The van der Waals surface area contributed by atoms with Gasteiger partial charge in [0, 0.05) is 18.8 Å². The molecule has 7 heteroatoms. The maximum absolute atomic E-state index is 12.8. The highest BCUT2D eigenvalue weighted by molar-refractivity contribution is 7.89. The molecule has 29 heavy (non-hydrogen) atoms. The molecule has 2 atom stereocenters. The fraction of sp³-hybridized carbons (Fsp3) is 0.409. The average Bonchev–Trinajstić information content (AvgIpc) is 2.70. The van der Waals surface area contributed by atoms with Crippen molar-refractivity contribution in [3.05, 3.63) is 54.1 Å². The van der Waals surface area contributed by atoms with Crippen LogP contribution in [0.5, 0.6) is 5.75 Å². The number of piperidine rings is 1. The average molecular weight is 417 g/mol. The minimum absolute atomic E-state index is 0.244. The molecule has 0 saturated carbocycles. The lowest BCUT2D eigenvalue weighted by atomic mass is 10.0. The molecule has 1 N–H and O–H groups in total. The van der Waals surface area contributed by atoms with Gasteiger partial charge in [-0.1, -0.05) is 24.6 Å². The first-order valence-electron chi connectivity index (χ1n) is 9.90. The number of carbonyl (C=O) groups is 1. The standard InChI is InChI=1S/C22H28N2O4S/c1-16-6-10-20(11-7-16)28-18(3)22(25)23-19-8-12-21(13-9-19)29(26,27)24-14-4-5-17(2)15-24/h6-13,17-18H,4-5,14-15H2,1-3H3,(H,23,25). The third kappa shape index (κ3) is 5.36. The maximum Gasteiger partial charge on any atom is 0.265 e. The number of ether oxygens (including phenoxy) is 1. The predicted molar refractivity (Wildman–Crippen MR) is 113 cm³/mol. The zero-order valence-corrected chi connectivity index (χ0v) is 17.9. The normalized spacial score (nSPS) is 18.8. The molecular formula is C22H28N2O4S. The summed E-state index contributed by atoms with van der Waals surface area (Å²) in [4.78, 5) is 12.6. The summed E-state index contributed by atoms with van der Waals surface area (Å²) in [6.45, 7) is 6.83. The van der Waals surface area contributed by atoms with Crippen LogP contribution < -0.4 is 10.1 Å². The number of rotatable bonds is 6. The smallest absolute Gasteiger partial charge is 0.265 e. The van der Waals surface area contributed by atoms with Crippen LogP contribution in [0.25, 0.3) is 0 Å². The molecule has 156 valence electrons. The van der Waals surface area contributed by atoms with Crippen LogP contribution in [0.15, 0.2) is 53.4 Å². The van der Waals surface area contributed by atoms with Crippen LogP contribution in [0, 0.1) is 12.8 Å². The first kappa shape index (κ1) is 21.3. The lowest BCUT2D eigenvalue weighted by Crippen LogP contribution is -2.39. The molecule has 1 saturated heterocycles. The number of nitrogens with zero attached hydrogens (tertiary/aromatic N) is 1. The van der Waals surface area contributed by atoms with Gasteiger partial charge in [-0.3, -0.25) is 4.79 Å². The van der Waals surface area contributed by atoms with Crippen LogP contribution in [0.2, 0.25) is 0 Å². The van der Waals surface area contributed by atoms with E-state index < -0.39 is 16.1 Å². The molecule has 2 unspecified atom stereocenters. The Morgan fingerprint density at radius 2 is 1.79 bits per heavy atom. The molecule has 1 aliphatic rings. The third-order valence-electron chi connectivity index (χ3n) is 5.08. The van der Waals surface area contributed by atoms with Crippen LogP contribution in [0.1, 0.15) is 32.3 Å². The van der Waals surface area contributed by atoms with Gasteiger partial charge in [0.2, 0.25) is 10.0 Å². The fourth-order valence-corrected chi connectivity index (χ4v) is 4.94. The van der Waals surface area contributed by atoms with Crippen molar-refractivity contribution >= 4 is 21.6 Å². The number of carbonyl (C=O) groups excluding carboxylic acids is 1. The van der Waals surface area contributed by atoms with Crippen LogP contribution in [-0.2, 0) is 14.8 Å². The second kappa shape index (κ2) is 8.97. The van der Waals surface area contributed by atoms with E-state index in [9.17, 15) is 13.2 Å². The number of aryl methyl sites for hydroxylation is 1. The van der Waals surface area contributed by atoms with E-state index in [1.165, 1.54) is 12.1 Å². The van der Waals surface area contributed by atoms with Gasteiger partial charge in [-0.25, -0.2) is 8.42 Å². The number of hydrogen-bond acceptors (Lipinski definition) is 4. The van der Waals surface area contributed by atoms with E-state index in [0.717, 1.165) is 18.4 Å². The summed E-state index contributed by atoms with van der Waals surface area (Å²) in [6, 6.07) is 13.8. The van der Waals surface area contributed by atoms with Crippen LogP contribution in [0.4, 0.5) is 5.69 Å². The van der Waals surface area contributed by atoms with Crippen LogP contribution in [0.3, 0.4) is 0 Å².